The van der Waals surface area contributed by atoms with Crippen molar-refractivity contribution in [2.45, 2.75) is 12.8 Å². The lowest BCUT2D eigenvalue weighted by atomic mass is 10.00. The van der Waals surface area contributed by atoms with E-state index in [1.807, 2.05) is 6.07 Å². The fourth-order valence-corrected chi connectivity index (χ4v) is 2.25. The van der Waals surface area contributed by atoms with Gasteiger partial charge in [0.1, 0.15) is 0 Å². The summed E-state index contributed by atoms with van der Waals surface area (Å²) in [7, 11) is 4.30. The molecule has 0 unspecified atom stereocenters. The molecule has 0 atom stereocenters. The van der Waals surface area contributed by atoms with Crippen LogP contribution < -0.4 is 4.48 Å². The molecule has 0 saturated heterocycles. The summed E-state index contributed by atoms with van der Waals surface area (Å²) in [6, 6.07) is 5.83. The van der Waals surface area contributed by atoms with Crippen LogP contribution in [0.4, 0.5) is 5.69 Å². The van der Waals surface area contributed by atoms with Crippen LogP contribution in [0.3, 0.4) is 0 Å². The minimum Gasteiger partial charge on any atom is -0.503 e. The molecule has 0 aliphatic carbocycles. The summed E-state index contributed by atoms with van der Waals surface area (Å²) in [5.74, 6) is 0.446. The van der Waals surface area contributed by atoms with E-state index in [1.54, 1.807) is 6.07 Å². The van der Waals surface area contributed by atoms with Crippen molar-refractivity contribution in [1.29, 1.82) is 0 Å². The van der Waals surface area contributed by atoms with Gasteiger partial charge in [0.15, 0.2) is 11.4 Å². The minimum absolute atomic E-state index is 0. The highest BCUT2D eigenvalue weighted by atomic mass is 127. The van der Waals surface area contributed by atoms with Gasteiger partial charge >= 0.3 is 0 Å². The Kier molecular flexibility index (Phi) is 3.42. The Hall–Kier alpha value is -0.290. The molecule has 14 heavy (non-hydrogen) atoms. The summed E-state index contributed by atoms with van der Waals surface area (Å²) < 4.78 is 0.808. The van der Waals surface area contributed by atoms with Gasteiger partial charge in [0.2, 0.25) is 0 Å². The summed E-state index contributed by atoms with van der Waals surface area (Å²) in [5, 5.41) is 9.78. The zero-order chi connectivity index (χ0) is 9.47. The Labute approximate surface area is 102 Å². The molecule has 1 N–H and O–H groups in total. The normalized spacial score (nSPS) is 18.1. The van der Waals surface area contributed by atoms with Crippen LogP contribution in [0.1, 0.15) is 12.0 Å². The van der Waals surface area contributed by atoms with Crippen molar-refractivity contribution >= 4 is 29.7 Å². The number of hydrogen-bond acceptors (Lipinski definition) is 1. The van der Waals surface area contributed by atoms with Crippen LogP contribution in [0.15, 0.2) is 18.2 Å². The average molecular weight is 306 g/mol. The number of para-hydroxylation sites is 1. The highest BCUT2D eigenvalue weighted by molar-refractivity contribution is 14.0. The van der Waals surface area contributed by atoms with Crippen LogP contribution in [0.2, 0.25) is 0 Å². The van der Waals surface area contributed by atoms with E-state index < -0.39 is 0 Å². The largest absolute Gasteiger partial charge is 0.503 e. The molecule has 3 heteroatoms. The monoisotopic (exact) mass is 306 g/mol. The molecule has 1 aliphatic rings. The van der Waals surface area contributed by atoms with Crippen molar-refractivity contribution in [1.82, 2.24) is 4.48 Å². The van der Waals surface area contributed by atoms with Gasteiger partial charge in [-0.05, 0) is 12.5 Å². The number of aryl methyl sites for hydroxylation is 1. The SMILES string of the molecule is C[N+]1(C)CCCc2cccc(O)c21.I. The van der Waals surface area contributed by atoms with Crippen molar-refractivity contribution in [3.63, 3.8) is 0 Å². The van der Waals surface area contributed by atoms with E-state index in [0.717, 1.165) is 23.1 Å². The molecule has 0 radical (unpaired) electrons. The van der Waals surface area contributed by atoms with Crippen molar-refractivity contribution in [2.24, 2.45) is 0 Å². The third-order valence-electron chi connectivity index (χ3n) is 2.87. The lowest BCUT2D eigenvalue weighted by Gasteiger charge is -2.35. The van der Waals surface area contributed by atoms with Gasteiger partial charge < -0.3 is 5.11 Å². The fourth-order valence-electron chi connectivity index (χ4n) is 2.25. The van der Waals surface area contributed by atoms with E-state index >= 15 is 0 Å². The first kappa shape index (κ1) is 11.8. The first-order chi connectivity index (χ1) is 6.11. The predicted molar refractivity (Wildman–Crippen MR) is 70.4 cm³/mol. The van der Waals surface area contributed by atoms with Gasteiger partial charge in [-0.3, -0.25) is 4.48 Å². The summed E-state index contributed by atoms with van der Waals surface area (Å²) in [4.78, 5) is 0. The van der Waals surface area contributed by atoms with Crippen LogP contribution in [0.25, 0.3) is 0 Å². The Morgan fingerprint density at radius 1 is 1.29 bits per heavy atom. The Balaban J connectivity index is 0.000000980. The highest BCUT2D eigenvalue weighted by Gasteiger charge is 2.29. The number of rotatable bonds is 0. The smallest absolute Gasteiger partial charge is 0.177 e. The van der Waals surface area contributed by atoms with Crippen LogP contribution >= 0.6 is 24.0 Å². The number of quaternary nitrogens is 1. The number of benzene rings is 1. The second-order valence-corrected chi connectivity index (χ2v) is 4.30. The summed E-state index contributed by atoms with van der Waals surface area (Å²) in [6.45, 7) is 1.12. The van der Waals surface area contributed by atoms with Crippen LogP contribution in [0, 0.1) is 0 Å². The molecule has 0 amide bonds. The molecule has 2 nitrogen and oxygen atoms in total. The van der Waals surface area contributed by atoms with Crippen LogP contribution in [-0.4, -0.2) is 25.7 Å². The van der Waals surface area contributed by atoms with Gasteiger partial charge in [0.05, 0.1) is 20.6 Å². The third kappa shape index (κ3) is 1.88. The molecule has 1 aliphatic heterocycles. The Morgan fingerprint density at radius 2 is 2.00 bits per heavy atom. The molecular weight excluding hydrogens is 289 g/mol. The van der Waals surface area contributed by atoms with Crippen molar-refractivity contribution in [3.8, 4) is 5.75 Å². The lowest BCUT2D eigenvalue weighted by Crippen LogP contribution is -2.44. The first-order valence-corrected chi connectivity index (χ1v) is 4.76. The van der Waals surface area contributed by atoms with Gasteiger partial charge in [0.25, 0.3) is 0 Å². The number of phenols is 1. The maximum atomic E-state index is 9.78. The molecule has 0 aromatic heterocycles. The van der Waals surface area contributed by atoms with Gasteiger partial charge in [0, 0.05) is 12.0 Å². The Bertz CT molecular complexity index is 336. The predicted octanol–water partition coefficient (Wildman–Crippen LogP) is 2.52. The molecule has 0 spiro atoms. The first-order valence-electron chi connectivity index (χ1n) is 4.76. The molecule has 2 rings (SSSR count). The van der Waals surface area contributed by atoms with Crippen molar-refractivity contribution in [2.75, 3.05) is 20.6 Å². The Morgan fingerprint density at radius 3 is 2.64 bits per heavy atom. The maximum absolute atomic E-state index is 9.78. The summed E-state index contributed by atoms with van der Waals surface area (Å²) in [5.41, 5.74) is 2.41. The van der Waals surface area contributed by atoms with E-state index in [4.69, 9.17) is 0 Å². The molecule has 1 heterocycles. The minimum atomic E-state index is 0. The molecule has 1 aromatic carbocycles. The highest BCUT2D eigenvalue weighted by Crippen LogP contribution is 2.37. The second-order valence-electron chi connectivity index (χ2n) is 4.30. The number of phenolic OH excluding ortho intramolecular Hbond substituents is 1. The van der Waals surface area contributed by atoms with Gasteiger partial charge in [-0.15, -0.1) is 24.0 Å². The van der Waals surface area contributed by atoms with E-state index in [0.29, 0.717) is 5.75 Å². The third-order valence-corrected chi connectivity index (χ3v) is 2.87. The van der Waals surface area contributed by atoms with E-state index in [-0.39, 0.29) is 24.0 Å². The van der Waals surface area contributed by atoms with Gasteiger partial charge in [-0.1, -0.05) is 12.1 Å². The lowest BCUT2D eigenvalue weighted by molar-refractivity contribution is 0.350. The van der Waals surface area contributed by atoms with Crippen molar-refractivity contribution < 1.29 is 5.11 Å². The van der Waals surface area contributed by atoms with E-state index in [9.17, 15) is 5.11 Å². The fraction of sp³-hybridized carbons (Fsp3) is 0.455. The second kappa shape index (κ2) is 4.06. The zero-order valence-corrected chi connectivity index (χ0v) is 11.0. The van der Waals surface area contributed by atoms with E-state index in [2.05, 4.69) is 20.2 Å². The molecule has 0 bridgehead atoms. The molecule has 1 aromatic rings. The molecule has 0 saturated carbocycles. The molecular formula is C11H17INO+. The standard InChI is InChI=1S/C11H15NO.HI/c1-12(2)8-4-6-9-5-3-7-10(13)11(9)12;/h3,5,7H,4,6,8H2,1-2H3;1H/p+1. The zero-order valence-electron chi connectivity index (χ0n) is 8.66. The summed E-state index contributed by atoms with van der Waals surface area (Å²) >= 11 is 0. The topological polar surface area (TPSA) is 20.2 Å². The van der Waals surface area contributed by atoms with Gasteiger partial charge in [-0.2, -0.15) is 0 Å². The number of aromatic hydroxyl groups is 1. The van der Waals surface area contributed by atoms with Crippen LogP contribution in [-0.2, 0) is 6.42 Å². The number of hydrogen-bond donors (Lipinski definition) is 1. The van der Waals surface area contributed by atoms with Crippen LogP contribution in [0.5, 0.6) is 5.75 Å². The molecule has 78 valence electrons. The average Bonchev–Trinajstić information content (AvgIpc) is 2.02. The quantitative estimate of drug-likeness (QED) is 0.577. The number of halogens is 1. The maximum Gasteiger partial charge on any atom is 0.177 e. The molecule has 0 fully saturated rings. The number of fused-ring (bicyclic) bond motifs is 1. The van der Waals surface area contributed by atoms with Crippen molar-refractivity contribution in [3.05, 3.63) is 23.8 Å². The van der Waals surface area contributed by atoms with Gasteiger partial charge in [-0.25, -0.2) is 0 Å². The summed E-state index contributed by atoms with van der Waals surface area (Å²) in [6.07, 6.45) is 2.31. The van der Waals surface area contributed by atoms with E-state index in [1.165, 1.54) is 12.0 Å². The number of nitrogens with zero attached hydrogens (tertiary/aromatic N) is 1.